The number of hydrogen-bond donors (Lipinski definition) is 1. The van der Waals surface area contributed by atoms with Gasteiger partial charge in [-0.25, -0.2) is 0 Å². The first kappa shape index (κ1) is 14.5. The van der Waals surface area contributed by atoms with Gasteiger partial charge in [0.15, 0.2) is 0 Å². The van der Waals surface area contributed by atoms with Crippen molar-refractivity contribution in [2.45, 2.75) is 52.7 Å². The Morgan fingerprint density at radius 3 is 2.68 bits per heavy atom. The lowest BCUT2D eigenvalue weighted by Crippen LogP contribution is -2.43. The van der Waals surface area contributed by atoms with Crippen molar-refractivity contribution in [2.75, 3.05) is 13.2 Å². The van der Waals surface area contributed by atoms with Gasteiger partial charge in [0.05, 0.1) is 6.10 Å². The van der Waals surface area contributed by atoms with E-state index in [4.69, 9.17) is 4.74 Å². The van der Waals surface area contributed by atoms with Gasteiger partial charge in [0.2, 0.25) is 0 Å². The summed E-state index contributed by atoms with van der Waals surface area (Å²) in [5.74, 6) is 0.663. The summed E-state index contributed by atoms with van der Waals surface area (Å²) in [6.45, 7) is 10.8. The molecule has 1 N–H and O–H groups in total. The van der Waals surface area contributed by atoms with Crippen LogP contribution in [0.5, 0.6) is 0 Å². The minimum Gasteiger partial charge on any atom is -0.376 e. The van der Waals surface area contributed by atoms with Crippen LogP contribution in [0, 0.1) is 19.8 Å². The van der Waals surface area contributed by atoms with Crippen molar-refractivity contribution >= 4 is 0 Å². The lowest BCUT2D eigenvalue weighted by atomic mass is 9.92. The number of benzene rings is 1. The molecule has 1 heterocycles. The fraction of sp³-hybridized carbons (Fsp3) is 0.647. The molecule has 0 radical (unpaired) electrons. The van der Waals surface area contributed by atoms with Gasteiger partial charge in [-0.2, -0.15) is 0 Å². The van der Waals surface area contributed by atoms with E-state index in [1.807, 2.05) is 0 Å². The second-order valence-electron chi connectivity index (χ2n) is 5.89. The fourth-order valence-corrected chi connectivity index (χ4v) is 2.98. The van der Waals surface area contributed by atoms with Gasteiger partial charge in [-0.15, -0.1) is 0 Å². The number of nitrogens with one attached hydrogen (secondary N) is 1. The Bertz CT molecular complexity index is 416. The number of likely N-dealkylation sites (N-methyl/N-ethyl adjacent to an activating group) is 1. The van der Waals surface area contributed by atoms with E-state index in [0.717, 1.165) is 19.6 Å². The molecule has 1 aromatic carbocycles. The topological polar surface area (TPSA) is 21.3 Å². The van der Waals surface area contributed by atoms with Crippen LogP contribution in [0.2, 0.25) is 0 Å². The molecule has 3 atom stereocenters. The zero-order valence-corrected chi connectivity index (χ0v) is 12.7. The lowest BCUT2D eigenvalue weighted by Gasteiger charge is -2.27. The van der Waals surface area contributed by atoms with E-state index in [0.29, 0.717) is 18.1 Å². The molecule has 2 heteroatoms. The number of rotatable bonds is 5. The first-order valence-electron chi connectivity index (χ1n) is 7.53. The van der Waals surface area contributed by atoms with Crippen molar-refractivity contribution < 1.29 is 4.74 Å². The van der Waals surface area contributed by atoms with Gasteiger partial charge in [0.25, 0.3) is 0 Å². The first-order chi connectivity index (χ1) is 9.11. The summed E-state index contributed by atoms with van der Waals surface area (Å²) < 4.78 is 5.94. The molecule has 0 aliphatic carbocycles. The number of ether oxygens (including phenoxy) is 1. The summed E-state index contributed by atoms with van der Waals surface area (Å²) in [6, 6.07) is 7.24. The molecule has 0 spiro atoms. The Kier molecular flexibility index (Phi) is 5.00. The van der Waals surface area contributed by atoms with Crippen LogP contribution in [0.3, 0.4) is 0 Å². The predicted molar refractivity (Wildman–Crippen MR) is 80.6 cm³/mol. The zero-order valence-electron chi connectivity index (χ0n) is 12.7. The van der Waals surface area contributed by atoms with E-state index < -0.39 is 0 Å². The molecule has 1 aromatic rings. The van der Waals surface area contributed by atoms with Crippen molar-refractivity contribution in [3.63, 3.8) is 0 Å². The summed E-state index contributed by atoms with van der Waals surface area (Å²) in [5, 5.41) is 3.61. The molecule has 2 nitrogen and oxygen atoms in total. The quantitative estimate of drug-likeness (QED) is 0.878. The van der Waals surface area contributed by atoms with Crippen LogP contribution in [0.15, 0.2) is 18.2 Å². The third-order valence-electron chi connectivity index (χ3n) is 4.33. The summed E-state index contributed by atoms with van der Waals surface area (Å²) in [7, 11) is 0. The third-order valence-corrected chi connectivity index (χ3v) is 4.33. The van der Waals surface area contributed by atoms with Gasteiger partial charge in [0.1, 0.15) is 0 Å². The van der Waals surface area contributed by atoms with Crippen LogP contribution in [-0.4, -0.2) is 25.3 Å². The summed E-state index contributed by atoms with van der Waals surface area (Å²) in [6.07, 6.45) is 2.62. The molecule has 2 rings (SSSR count). The molecule has 3 unspecified atom stereocenters. The van der Waals surface area contributed by atoms with Crippen molar-refractivity contribution in [1.82, 2.24) is 5.32 Å². The van der Waals surface area contributed by atoms with E-state index in [1.165, 1.54) is 23.1 Å². The highest BCUT2D eigenvalue weighted by atomic mass is 16.5. The number of aryl methyl sites for hydroxylation is 2. The highest BCUT2D eigenvalue weighted by Crippen LogP contribution is 2.25. The van der Waals surface area contributed by atoms with Crippen molar-refractivity contribution in [3.8, 4) is 0 Å². The summed E-state index contributed by atoms with van der Waals surface area (Å²) in [5.41, 5.74) is 4.17. The molecular weight excluding hydrogens is 234 g/mol. The third kappa shape index (κ3) is 3.58. The molecule has 1 fully saturated rings. The van der Waals surface area contributed by atoms with E-state index in [9.17, 15) is 0 Å². The molecule has 106 valence electrons. The van der Waals surface area contributed by atoms with Gasteiger partial charge in [-0.1, -0.05) is 32.0 Å². The molecule has 0 aromatic heterocycles. The first-order valence-corrected chi connectivity index (χ1v) is 7.53. The van der Waals surface area contributed by atoms with E-state index in [1.54, 1.807) is 0 Å². The minimum absolute atomic E-state index is 0.363. The smallest absolute Gasteiger partial charge is 0.0757 e. The molecule has 1 saturated heterocycles. The molecule has 1 aliphatic heterocycles. The zero-order chi connectivity index (χ0) is 13.8. The standard InChI is InChI=1S/C17H27NO/c1-5-18-16(17-13(3)8-9-19-17)11-15-7-6-12(2)14(4)10-15/h6-7,10,13,16-18H,5,8-9,11H2,1-4H3. The molecule has 0 bridgehead atoms. The second-order valence-corrected chi connectivity index (χ2v) is 5.89. The highest BCUT2D eigenvalue weighted by molar-refractivity contribution is 5.30. The predicted octanol–water partition coefficient (Wildman–Crippen LogP) is 3.25. The van der Waals surface area contributed by atoms with Crippen LogP contribution in [-0.2, 0) is 11.2 Å². The Hall–Kier alpha value is -0.860. The Morgan fingerprint density at radius 1 is 1.32 bits per heavy atom. The van der Waals surface area contributed by atoms with Crippen molar-refractivity contribution in [3.05, 3.63) is 34.9 Å². The minimum atomic E-state index is 0.363. The maximum absolute atomic E-state index is 5.94. The largest absolute Gasteiger partial charge is 0.376 e. The van der Waals surface area contributed by atoms with E-state index >= 15 is 0 Å². The van der Waals surface area contributed by atoms with Crippen LogP contribution in [0.1, 0.15) is 37.0 Å². The highest BCUT2D eigenvalue weighted by Gasteiger charge is 2.31. The van der Waals surface area contributed by atoms with Crippen LogP contribution < -0.4 is 5.32 Å². The van der Waals surface area contributed by atoms with Crippen LogP contribution >= 0.6 is 0 Å². The van der Waals surface area contributed by atoms with Gasteiger partial charge in [0, 0.05) is 12.6 Å². The van der Waals surface area contributed by atoms with Crippen molar-refractivity contribution in [1.29, 1.82) is 0 Å². The van der Waals surface area contributed by atoms with Crippen molar-refractivity contribution in [2.24, 2.45) is 5.92 Å². The Labute approximate surface area is 117 Å². The fourth-order valence-electron chi connectivity index (χ4n) is 2.98. The molecule has 19 heavy (non-hydrogen) atoms. The van der Waals surface area contributed by atoms with Gasteiger partial charge >= 0.3 is 0 Å². The van der Waals surface area contributed by atoms with Gasteiger partial charge in [-0.3, -0.25) is 0 Å². The average Bonchev–Trinajstić information content (AvgIpc) is 2.79. The molecular formula is C17H27NO. The second kappa shape index (κ2) is 6.53. The molecule has 0 amide bonds. The van der Waals surface area contributed by atoms with Crippen LogP contribution in [0.25, 0.3) is 0 Å². The number of hydrogen-bond acceptors (Lipinski definition) is 2. The lowest BCUT2D eigenvalue weighted by molar-refractivity contribution is 0.0615. The SMILES string of the molecule is CCNC(Cc1ccc(C)c(C)c1)C1OCCC1C. The summed E-state index contributed by atoms with van der Waals surface area (Å²) in [4.78, 5) is 0. The Morgan fingerprint density at radius 2 is 2.11 bits per heavy atom. The molecule has 0 saturated carbocycles. The Balaban J connectivity index is 2.09. The van der Waals surface area contributed by atoms with Gasteiger partial charge in [-0.05, 0) is 55.8 Å². The van der Waals surface area contributed by atoms with E-state index in [-0.39, 0.29) is 0 Å². The average molecular weight is 261 g/mol. The summed E-state index contributed by atoms with van der Waals surface area (Å²) >= 11 is 0. The van der Waals surface area contributed by atoms with Crippen LogP contribution in [0.4, 0.5) is 0 Å². The van der Waals surface area contributed by atoms with Gasteiger partial charge < -0.3 is 10.1 Å². The maximum atomic E-state index is 5.94. The maximum Gasteiger partial charge on any atom is 0.0757 e. The molecule has 1 aliphatic rings. The monoisotopic (exact) mass is 261 g/mol. The normalized spacial score (nSPS) is 24.6. The van der Waals surface area contributed by atoms with E-state index in [2.05, 4.69) is 51.2 Å².